The molecule has 0 bridgehead atoms. The molecular weight excluding hydrogens is 187 g/mol. The van der Waals surface area contributed by atoms with Crippen molar-refractivity contribution in [3.05, 3.63) is 0 Å². The smallest absolute Gasteiger partial charge is 0.321 e. The van der Waals surface area contributed by atoms with Gasteiger partial charge in [0.1, 0.15) is 0 Å². The zero-order chi connectivity index (χ0) is 8.74. The molecule has 0 saturated heterocycles. The Morgan fingerprint density at radius 1 is 1.45 bits per heavy atom. The second-order valence-electron chi connectivity index (χ2n) is 1.86. The molecule has 5 nitrogen and oxygen atoms in total. The van der Waals surface area contributed by atoms with E-state index in [9.17, 15) is 0 Å². The molecule has 0 fully saturated rings. The van der Waals surface area contributed by atoms with Crippen LogP contribution in [-0.2, 0) is 16.3 Å². The number of nitrogens with one attached hydrogen (secondary N) is 1. The largest absolute Gasteiger partial charge is 0.329 e. The van der Waals surface area contributed by atoms with Gasteiger partial charge in [0.05, 0.1) is 6.61 Å². The van der Waals surface area contributed by atoms with E-state index in [4.69, 9.17) is 15.5 Å². The van der Waals surface area contributed by atoms with Gasteiger partial charge in [-0.15, -0.1) is 0 Å². The van der Waals surface area contributed by atoms with Crippen LogP contribution in [0.2, 0.25) is 0 Å². The van der Waals surface area contributed by atoms with Crippen LogP contribution in [0.1, 0.15) is 0 Å². The minimum Gasteiger partial charge on any atom is -0.329 e. The van der Waals surface area contributed by atoms with E-state index in [-0.39, 0.29) is 6.61 Å². The number of hydrogen-bond donors (Lipinski definition) is 4. The van der Waals surface area contributed by atoms with E-state index in [0.29, 0.717) is 19.6 Å². The van der Waals surface area contributed by atoms with Gasteiger partial charge in [-0.3, -0.25) is 0 Å². The van der Waals surface area contributed by atoms with Gasteiger partial charge in [-0.2, -0.15) is 0 Å². The summed E-state index contributed by atoms with van der Waals surface area (Å²) in [4.78, 5) is 17.2. The predicted octanol–water partition coefficient (Wildman–Crippen LogP) is -1.24. The fourth-order valence-corrected chi connectivity index (χ4v) is 1.02. The summed E-state index contributed by atoms with van der Waals surface area (Å²) in [6, 6.07) is 0. The minimum absolute atomic E-state index is 0.199. The van der Waals surface area contributed by atoms with E-state index in [2.05, 4.69) is 21.6 Å². The summed E-state index contributed by atoms with van der Waals surface area (Å²) in [7, 11) is 0. The SMILES string of the molecule is NCCNCCOP(O)(O)=S. The summed E-state index contributed by atoms with van der Waals surface area (Å²) in [5, 5.41) is 2.91. The molecule has 0 aliphatic carbocycles. The average molecular weight is 200 g/mol. The summed E-state index contributed by atoms with van der Waals surface area (Å²) in [6.45, 7) is -1.50. The van der Waals surface area contributed by atoms with Crippen LogP contribution in [0.15, 0.2) is 0 Å². The number of hydrogen-bond acceptors (Lipinski definition) is 4. The predicted molar refractivity (Wildman–Crippen MR) is 46.6 cm³/mol. The van der Waals surface area contributed by atoms with Crippen LogP contribution >= 0.6 is 6.72 Å². The lowest BCUT2D eigenvalue weighted by Gasteiger charge is -2.08. The lowest BCUT2D eigenvalue weighted by molar-refractivity contribution is 0.252. The summed E-state index contributed by atoms with van der Waals surface area (Å²) in [5.74, 6) is 0. The van der Waals surface area contributed by atoms with E-state index < -0.39 is 6.72 Å². The molecule has 0 aliphatic heterocycles. The van der Waals surface area contributed by atoms with Crippen molar-refractivity contribution in [3.63, 3.8) is 0 Å². The molecule has 0 heterocycles. The maximum Gasteiger partial charge on any atom is 0.321 e. The Hall–Kier alpha value is 0.450. The van der Waals surface area contributed by atoms with E-state index in [1.807, 2.05) is 0 Å². The van der Waals surface area contributed by atoms with Crippen molar-refractivity contribution < 1.29 is 14.3 Å². The minimum atomic E-state index is -3.45. The first-order valence-electron chi connectivity index (χ1n) is 3.17. The molecule has 0 amide bonds. The Kier molecular flexibility index (Phi) is 6.27. The maximum atomic E-state index is 8.58. The summed E-state index contributed by atoms with van der Waals surface area (Å²) < 4.78 is 4.51. The van der Waals surface area contributed by atoms with Crippen molar-refractivity contribution in [3.8, 4) is 0 Å². The van der Waals surface area contributed by atoms with Gasteiger partial charge in [-0.25, -0.2) is 0 Å². The molecule has 0 rings (SSSR count). The van der Waals surface area contributed by atoms with E-state index in [1.54, 1.807) is 0 Å². The van der Waals surface area contributed by atoms with Gasteiger partial charge in [-0.1, -0.05) is 0 Å². The van der Waals surface area contributed by atoms with Gasteiger partial charge in [-0.05, 0) is 11.8 Å². The first-order valence-corrected chi connectivity index (χ1v) is 5.79. The highest BCUT2D eigenvalue weighted by molar-refractivity contribution is 8.06. The van der Waals surface area contributed by atoms with Crippen LogP contribution in [0, 0.1) is 0 Å². The molecule has 0 radical (unpaired) electrons. The van der Waals surface area contributed by atoms with Crippen molar-refractivity contribution in [1.29, 1.82) is 0 Å². The molecule has 5 N–H and O–H groups in total. The Morgan fingerprint density at radius 2 is 2.09 bits per heavy atom. The van der Waals surface area contributed by atoms with E-state index in [1.165, 1.54) is 0 Å². The maximum absolute atomic E-state index is 8.58. The van der Waals surface area contributed by atoms with Gasteiger partial charge < -0.3 is 25.4 Å². The Bertz CT molecular complexity index is 139. The monoisotopic (exact) mass is 200 g/mol. The number of nitrogens with two attached hydrogens (primary N) is 1. The third kappa shape index (κ3) is 10.4. The second-order valence-corrected chi connectivity index (χ2v) is 4.53. The summed E-state index contributed by atoms with van der Waals surface area (Å²) in [5.41, 5.74) is 5.18. The normalized spacial score (nSPS) is 11.9. The molecule has 11 heavy (non-hydrogen) atoms. The van der Waals surface area contributed by atoms with Crippen molar-refractivity contribution >= 4 is 18.5 Å². The standard InChI is InChI=1S/C4H13N2O3PS/c5-1-2-6-3-4-9-10(7,8)11/h6H,1-5H2,(H2,7,8,11). The molecule has 0 aromatic heterocycles. The van der Waals surface area contributed by atoms with E-state index in [0.717, 1.165) is 0 Å². The van der Waals surface area contributed by atoms with Gasteiger partial charge >= 0.3 is 6.72 Å². The molecule has 0 atom stereocenters. The van der Waals surface area contributed by atoms with Crippen LogP contribution in [-0.4, -0.2) is 36.0 Å². The average Bonchev–Trinajstić information content (AvgIpc) is 1.85. The Balaban J connectivity index is 3.09. The van der Waals surface area contributed by atoms with Crippen molar-refractivity contribution in [2.24, 2.45) is 5.73 Å². The van der Waals surface area contributed by atoms with Crippen LogP contribution in [0.5, 0.6) is 0 Å². The van der Waals surface area contributed by atoms with Crippen molar-refractivity contribution in [1.82, 2.24) is 5.32 Å². The van der Waals surface area contributed by atoms with Crippen LogP contribution in [0.4, 0.5) is 0 Å². The molecule has 0 aromatic rings. The fourth-order valence-electron chi connectivity index (χ4n) is 0.464. The Morgan fingerprint density at radius 3 is 2.55 bits per heavy atom. The zero-order valence-electron chi connectivity index (χ0n) is 6.06. The highest BCUT2D eigenvalue weighted by Crippen LogP contribution is 2.35. The first kappa shape index (κ1) is 11.4. The molecule has 0 unspecified atom stereocenters. The molecule has 0 spiro atoms. The summed E-state index contributed by atoms with van der Waals surface area (Å²) >= 11 is 4.21. The van der Waals surface area contributed by atoms with Gasteiger partial charge in [0, 0.05) is 19.6 Å². The lowest BCUT2D eigenvalue weighted by atomic mass is 10.6. The third-order valence-corrected chi connectivity index (χ3v) is 1.69. The van der Waals surface area contributed by atoms with E-state index >= 15 is 0 Å². The van der Waals surface area contributed by atoms with Crippen LogP contribution in [0.3, 0.4) is 0 Å². The van der Waals surface area contributed by atoms with Gasteiger partial charge in [0.25, 0.3) is 0 Å². The Labute approximate surface area is 70.8 Å². The number of rotatable bonds is 6. The molecular formula is C4H13N2O3PS. The molecule has 0 aliphatic rings. The third-order valence-electron chi connectivity index (χ3n) is 0.859. The second kappa shape index (κ2) is 6.02. The lowest BCUT2D eigenvalue weighted by Crippen LogP contribution is -2.25. The molecule has 0 saturated carbocycles. The van der Waals surface area contributed by atoms with Crippen LogP contribution < -0.4 is 11.1 Å². The van der Waals surface area contributed by atoms with Crippen molar-refractivity contribution in [2.75, 3.05) is 26.2 Å². The fraction of sp³-hybridized carbons (Fsp3) is 1.00. The molecule has 68 valence electrons. The molecule has 0 aromatic carbocycles. The highest BCUT2D eigenvalue weighted by atomic mass is 32.5. The van der Waals surface area contributed by atoms with Crippen molar-refractivity contribution in [2.45, 2.75) is 0 Å². The quantitative estimate of drug-likeness (QED) is 0.317. The molecule has 7 heteroatoms. The van der Waals surface area contributed by atoms with Crippen LogP contribution in [0.25, 0.3) is 0 Å². The van der Waals surface area contributed by atoms with Gasteiger partial charge in [0.15, 0.2) is 0 Å². The zero-order valence-corrected chi connectivity index (χ0v) is 7.77. The topological polar surface area (TPSA) is 87.7 Å². The first-order chi connectivity index (χ1) is 5.06. The highest BCUT2D eigenvalue weighted by Gasteiger charge is 2.05. The summed E-state index contributed by atoms with van der Waals surface area (Å²) in [6.07, 6.45) is 0. The van der Waals surface area contributed by atoms with Gasteiger partial charge in [0.2, 0.25) is 0 Å².